The number of rotatable bonds is 0. The molecule has 3 nitrogen and oxygen atoms in total. The molecule has 0 fully saturated rings. The average molecular weight is 125 g/mol. The van der Waals surface area contributed by atoms with Gasteiger partial charge in [0.25, 0.3) is 0 Å². The standard InChI is InChI=1S/CH4O.Ni.2H2O/c1-2;;;/h2H,1H3;;2*1H2/q;+2;;/p-2. The monoisotopic (exact) mass is 124 g/mol. The largest absolute Gasteiger partial charge is 2.00 e. The van der Waals surface area contributed by atoms with Crippen LogP contribution in [0, 0.1) is 0 Å². The van der Waals surface area contributed by atoms with Gasteiger partial charge in [0.1, 0.15) is 0 Å². The zero-order chi connectivity index (χ0) is 2.00. The summed E-state index contributed by atoms with van der Waals surface area (Å²) >= 11 is 0. The van der Waals surface area contributed by atoms with Crippen LogP contribution < -0.4 is 0 Å². The topological polar surface area (TPSA) is 80.2 Å². The molecule has 0 heterocycles. The molecule has 5 heavy (non-hydrogen) atoms. The van der Waals surface area contributed by atoms with Crippen LogP contribution in [0.25, 0.3) is 0 Å². The van der Waals surface area contributed by atoms with Gasteiger partial charge in [-0.25, -0.2) is 0 Å². The Balaban J connectivity index is -0.00000000167. The maximum Gasteiger partial charge on any atom is 2.00 e. The Labute approximate surface area is 40.5 Å². The van der Waals surface area contributed by atoms with Crippen molar-refractivity contribution in [1.29, 1.82) is 0 Å². The van der Waals surface area contributed by atoms with E-state index in [1.165, 1.54) is 0 Å². The first kappa shape index (κ1) is 54.5. The summed E-state index contributed by atoms with van der Waals surface area (Å²) in [6, 6.07) is 0. The smallest absolute Gasteiger partial charge is 0.870 e. The molecule has 0 aromatic carbocycles. The number of hydrogen-bond acceptors (Lipinski definition) is 3. The minimum Gasteiger partial charge on any atom is -0.870 e. The van der Waals surface area contributed by atoms with Crippen LogP contribution in [0.5, 0.6) is 0 Å². The summed E-state index contributed by atoms with van der Waals surface area (Å²) in [5.41, 5.74) is 0. The van der Waals surface area contributed by atoms with Crippen molar-refractivity contribution in [1.82, 2.24) is 0 Å². The summed E-state index contributed by atoms with van der Waals surface area (Å²) in [7, 11) is 1.00. The van der Waals surface area contributed by atoms with Crippen LogP contribution >= 0.6 is 0 Å². The third kappa shape index (κ3) is 177. The Morgan fingerprint density at radius 3 is 1.00 bits per heavy atom. The molecule has 0 amide bonds. The molecule has 0 unspecified atom stereocenters. The van der Waals surface area contributed by atoms with Crippen LogP contribution in [-0.4, -0.2) is 23.2 Å². The molecule has 3 N–H and O–H groups in total. The molecule has 0 aliphatic rings. The molecule has 0 bridgehead atoms. The third-order valence-corrected chi connectivity index (χ3v) is 0. The summed E-state index contributed by atoms with van der Waals surface area (Å²) in [5.74, 6) is 0. The molecule has 4 heteroatoms. The second-order valence-corrected chi connectivity index (χ2v) is 0. The van der Waals surface area contributed by atoms with Crippen molar-refractivity contribution in [2.24, 2.45) is 0 Å². The zero-order valence-corrected chi connectivity index (χ0v) is 3.65. The summed E-state index contributed by atoms with van der Waals surface area (Å²) in [5, 5.41) is 7.00. The fraction of sp³-hybridized carbons (Fsp3) is 1.00. The van der Waals surface area contributed by atoms with Gasteiger partial charge in [-0.1, -0.05) is 0 Å². The molecule has 0 aliphatic carbocycles. The molecular weight excluding hydrogens is 119 g/mol. The molecule has 0 rings (SSSR count). The van der Waals surface area contributed by atoms with Gasteiger partial charge < -0.3 is 16.1 Å². The van der Waals surface area contributed by atoms with E-state index in [2.05, 4.69) is 0 Å². The van der Waals surface area contributed by atoms with Crippen LogP contribution in [0.3, 0.4) is 0 Å². The SMILES string of the molecule is CO.[Ni+2].[OH-].[OH-]. The van der Waals surface area contributed by atoms with E-state index in [-0.39, 0.29) is 27.4 Å². The molecule has 0 saturated carbocycles. The minimum absolute atomic E-state index is 0. The van der Waals surface area contributed by atoms with Crippen LogP contribution in [0.15, 0.2) is 0 Å². The molecular formula is CH6NiO3. The second-order valence-electron chi connectivity index (χ2n) is 0. The van der Waals surface area contributed by atoms with Gasteiger partial charge >= 0.3 is 16.5 Å². The van der Waals surface area contributed by atoms with Crippen molar-refractivity contribution in [2.75, 3.05) is 7.11 Å². The Morgan fingerprint density at radius 2 is 1.00 bits per heavy atom. The first-order valence-electron chi connectivity index (χ1n) is 0.447. The predicted octanol–water partition coefficient (Wildman–Crippen LogP) is -0.748. The molecule has 0 aromatic rings. The van der Waals surface area contributed by atoms with Gasteiger partial charge in [0.2, 0.25) is 0 Å². The predicted molar refractivity (Wildman–Crippen MR) is 12.0 cm³/mol. The average Bonchev–Trinajstić information content (AvgIpc) is 1.00. The van der Waals surface area contributed by atoms with E-state index in [1.54, 1.807) is 0 Å². The second kappa shape index (κ2) is 357. The van der Waals surface area contributed by atoms with Crippen molar-refractivity contribution in [3.8, 4) is 0 Å². The van der Waals surface area contributed by atoms with Gasteiger partial charge in [0.15, 0.2) is 0 Å². The first-order valence-corrected chi connectivity index (χ1v) is 0.447. The maximum atomic E-state index is 7.00. The fourth-order valence-electron chi connectivity index (χ4n) is 0. The van der Waals surface area contributed by atoms with E-state index in [9.17, 15) is 0 Å². The molecule has 0 aliphatic heterocycles. The molecule has 0 saturated heterocycles. The Morgan fingerprint density at radius 1 is 1.00 bits per heavy atom. The van der Waals surface area contributed by atoms with Gasteiger partial charge in [-0.05, 0) is 0 Å². The molecule has 0 atom stereocenters. The van der Waals surface area contributed by atoms with E-state index >= 15 is 0 Å². The van der Waals surface area contributed by atoms with Crippen LogP contribution in [0.4, 0.5) is 0 Å². The van der Waals surface area contributed by atoms with Crippen molar-refractivity contribution in [3.05, 3.63) is 0 Å². The molecule has 0 radical (unpaired) electrons. The summed E-state index contributed by atoms with van der Waals surface area (Å²) < 4.78 is 0. The van der Waals surface area contributed by atoms with E-state index < -0.39 is 0 Å². The molecule has 0 spiro atoms. The van der Waals surface area contributed by atoms with Crippen LogP contribution in [-0.2, 0) is 16.5 Å². The Kier molecular flexibility index (Phi) is 3890. The zero-order valence-electron chi connectivity index (χ0n) is 2.66. The van der Waals surface area contributed by atoms with Gasteiger partial charge in [-0.15, -0.1) is 0 Å². The summed E-state index contributed by atoms with van der Waals surface area (Å²) in [6.07, 6.45) is 0. The number of hydrogen-bond donors (Lipinski definition) is 1. The number of aliphatic hydroxyl groups excluding tert-OH is 1. The van der Waals surface area contributed by atoms with Gasteiger partial charge in [0.05, 0.1) is 0 Å². The number of aliphatic hydroxyl groups is 1. The van der Waals surface area contributed by atoms with Crippen LogP contribution in [0.1, 0.15) is 0 Å². The van der Waals surface area contributed by atoms with Gasteiger partial charge in [-0.2, -0.15) is 0 Å². The quantitative estimate of drug-likeness (QED) is 0.432. The van der Waals surface area contributed by atoms with E-state index in [0.29, 0.717) is 0 Å². The van der Waals surface area contributed by atoms with Crippen LogP contribution in [0.2, 0.25) is 0 Å². The van der Waals surface area contributed by atoms with E-state index in [4.69, 9.17) is 5.11 Å². The fourth-order valence-corrected chi connectivity index (χ4v) is 0. The van der Waals surface area contributed by atoms with Gasteiger partial charge in [0, 0.05) is 7.11 Å². The van der Waals surface area contributed by atoms with Gasteiger partial charge in [-0.3, -0.25) is 0 Å². The minimum atomic E-state index is 0. The summed E-state index contributed by atoms with van der Waals surface area (Å²) in [6.45, 7) is 0. The molecule has 38 valence electrons. The van der Waals surface area contributed by atoms with Crippen molar-refractivity contribution < 1.29 is 32.6 Å². The normalized spacial score (nSPS) is 1.20. The van der Waals surface area contributed by atoms with Crippen molar-refractivity contribution >= 4 is 0 Å². The summed E-state index contributed by atoms with van der Waals surface area (Å²) in [4.78, 5) is 0. The molecule has 0 aromatic heterocycles. The van der Waals surface area contributed by atoms with E-state index in [1.807, 2.05) is 0 Å². The Hall–Kier alpha value is 0.374. The maximum absolute atomic E-state index is 7.00. The first-order chi connectivity index (χ1) is 1.00. The van der Waals surface area contributed by atoms with Crippen molar-refractivity contribution in [2.45, 2.75) is 0 Å². The third-order valence-electron chi connectivity index (χ3n) is 0. The Bertz CT molecular complexity index is 6.85. The van der Waals surface area contributed by atoms with Crippen molar-refractivity contribution in [3.63, 3.8) is 0 Å². The van der Waals surface area contributed by atoms with E-state index in [0.717, 1.165) is 7.11 Å².